The van der Waals surface area contributed by atoms with Gasteiger partial charge in [-0.3, -0.25) is 4.79 Å². The van der Waals surface area contributed by atoms with E-state index in [0.29, 0.717) is 5.56 Å². The standard InChI is InChI=1S/C12H12F2INO/c13-12(14)4-6-16(7-5-12)11(17)9-2-1-3-10(15)8-9/h1-3,8H,4-7H2. The molecule has 1 saturated heterocycles. The Morgan fingerprint density at radius 3 is 2.53 bits per heavy atom. The molecule has 5 heteroatoms. The molecule has 1 fully saturated rings. The Morgan fingerprint density at radius 1 is 1.29 bits per heavy atom. The summed E-state index contributed by atoms with van der Waals surface area (Å²) in [6.45, 7) is 0.272. The molecule has 2 rings (SSSR count). The number of benzene rings is 1. The van der Waals surface area contributed by atoms with Crippen molar-refractivity contribution in [2.45, 2.75) is 18.8 Å². The highest BCUT2D eigenvalue weighted by molar-refractivity contribution is 14.1. The van der Waals surface area contributed by atoms with E-state index in [1.807, 2.05) is 6.07 Å². The number of piperidine rings is 1. The molecule has 2 nitrogen and oxygen atoms in total. The highest BCUT2D eigenvalue weighted by atomic mass is 127. The average molecular weight is 351 g/mol. The Labute approximate surface area is 112 Å². The molecule has 0 atom stereocenters. The van der Waals surface area contributed by atoms with Crippen molar-refractivity contribution in [3.8, 4) is 0 Å². The number of likely N-dealkylation sites (tertiary alicyclic amines) is 1. The summed E-state index contributed by atoms with van der Waals surface area (Å²) in [5, 5.41) is 0. The fraction of sp³-hybridized carbons (Fsp3) is 0.417. The molecular formula is C12H12F2INO. The number of halogens is 3. The lowest BCUT2D eigenvalue weighted by Gasteiger charge is -2.31. The van der Waals surface area contributed by atoms with Crippen LogP contribution in [0.25, 0.3) is 0 Å². The van der Waals surface area contributed by atoms with E-state index in [1.165, 1.54) is 4.90 Å². The van der Waals surface area contributed by atoms with Gasteiger partial charge in [0.2, 0.25) is 0 Å². The molecule has 0 radical (unpaired) electrons. The van der Waals surface area contributed by atoms with Gasteiger partial charge >= 0.3 is 0 Å². The van der Waals surface area contributed by atoms with Crippen molar-refractivity contribution in [1.82, 2.24) is 4.90 Å². The molecule has 0 N–H and O–H groups in total. The maximum Gasteiger partial charge on any atom is 0.253 e. The second-order valence-electron chi connectivity index (χ2n) is 4.16. The third-order valence-electron chi connectivity index (χ3n) is 2.85. The third kappa shape index (κ3) is 3.14. The largest absolute Gasteiger partial charge is 0.338 e. The van der Waals surface area contributed by atoms with Gasteiger partial charge < -0.3 is 4.90 Å². The molecule has 0 bridgehead atoms. The van der Waals surface area contributed by atoms with Crippen molar-refractivity contribution < 1.29 is 13.6 Å². The summed E-state index contributed by atoms with van der Waals surface area (Å²) in [5.74, 6) is -2.76. The summed E-state index contributed by atoms with van der Waals surface area (Å²) < 4.78 is 26.9. The molecule has 92 valence electrons. The van der Waals surface area contributed by atoms with E-state index in [1.54, 1.807) is 18.2 Å². The van der Waals surface area contributed by atoms with E-state index >= 15 is 0 Å². The van der Waals surface area contributed by atoms with Crippen LogP contribution >= 0.6 is 22.6 Å². The number of alkyl halides is 2. The van der Waals surface area contributed by atoms with Gasteiger partial charge in [0.15, 0.2) is 0 Å². The molecule has 1 heterocycles. The van der Waals surface area contributed by atoms with Gasteiger partial charge in [-0.05, 0) is 40.8 Å². The summed E-state index contributed by atoms with van der Waals surface area (Å²) in [7, 11) is 0. The minimum absolute atomic E-state index is 0.136. The van der Waals surface area contributed by atoms with Gasteiger partial charge in [0.05, 0.1) is 0 Å². The Morgan fingerprint density at radius 2 is 1.94 bits per heavy atom. The molecule has 17 heavy (non-hydrogen) atoms. The maximum absolute atomic E-state index is 13.0. The lowest BCUT2D eigenvalue weighted by atomic mass is 10.1. The predicted octanol–water partition coefficient (Wildman–Crippen LogP) is 3.16. The van der Waals surface area contributed by atoms with Crippen molar-refractivity contribution >= 4 is 28.5 Å². The topological polar surface area (TPSA) is 20.3 Å². The monoisotopic (exact) mass is 351 g/mol. The lowest BCUT2D eigenvalue weighted by Crippen LogP contribution is -2.42. The first kappa shape index (κ1) is 12.7. The van der Waals surface area contributed by atoms with Crippen molar-refractivity contribution in [2.75, 3.05) is 13.1 Å². The minimum Gasteiger partial charge on any atom is -0.338 e. The van der Waals surface area contributed by atoms with Crippen LogP contribution in [0.2, 0.25) is 0 Å². The normalized spacial score (nSPS) is 19.1. The molecule has 0 unspecified atom stereocenters. The zero-order valence-electron chi connectivity index (χ0n) is 9.13. The number of nitrogens with zero attached hydrogens (tertiary/aromatic N) is 1. The summed E-state index contributed by atoms with van der Waals surface area (Å²) in [5.41, 5.74) is 0.571. The first-order chi connectivity index (χ1) is 7.98. The van der Waals surface area contributed by atoms with Crippen molar-refractivity contribution in [3.05, 3.63) is 33.4 Å². The Bertz CT molecular complexity index is 426. The van der Waals surface area contributed by atoms with Crippen LogP contribution in [0.3, 0.4) is 0 Å². The number of amides is 1. The first-order valence-electron chi connectivity index (χ1n) is 5.41. The number of carbonyl (C=O) groups excluding carboxylic acids is 1. The summed E-state index contributed by atoms with van der Waals surface area (Å²) >= 11 is 2.12. The van der Waals surface area contributed by atoms with E-state index in [-0.39, 0.29) is 31.8 Å². The van der Waals surface area contributed by atoms with Gasteiger partial charge in [-0.2, -0.15) is 0 Å². The van der Waals surface area contributed by atoms with Crippen LogP contribution in [-0.4, -0.2) is 29.8 Å². The van der Waals surface area contributed by atoms with E-state index in [4.69, 9.17) is 0 Å². The molecule has 0 aliphatic carbocycles. The van der Waals surface area contributed by atoms with Crippen LogP contribution in [0.15, 0.2) is 24.3 Å². The average Bonchev–Trinajstić information content (AvgIpc) is 2.28. The van der Waals surface area contributed by atoms with Crippen molar-refractivity contribution in [1.29, 1.82) is 0 Å². The van der Waals surface area contributed by atoms with Crippen molar-refractivity contribution in [3.63, 3.8) is 0 Å². The number of hydrogen-bond acceptors (Lipinski definition) is 1. The highest BCUT2D eigenvalue weighted by Gasteiger charge is 2.35. The fourth-order valence-electron chi connectivity index (χ4n) is 1.84. The fourth-order valence-corrected chi connectivity index (χ4v) is 2.38. The van der Waals surface area contributed by atoms with E-state index in [0.717, 1.165) is 3.57 Å². The predicted molar refractivity (Wildman–Crippen MR) is 69.2 cm³/mol. The molecule has 0 saturated carbocycles. The second kappa shape index (κ2) is 4.88. The van der Waals surface area contributed by atoms with Crippen LogP contribution in [0, 0.1) is 3.57 Å². The smallest absolute Gasteiger partial charge is 0.253 e. The van der Waals surface area contributed by atoms with Gasteiger partial charge in [0.25, 0.3) is 11.8 Å². The van der Waals surface area contributed by atoms with Crippen LogP contribution in [0.1, 0.15) is 23.2 Å². The molecule has 1 amide bonds. The Balaban J connectivity index is 2.07. The van der Waals surface area contributed by atoms with E-state index < -0.39 is 5.92 Å². The first-order valence-corrected chi connectivity index (χ1v) is 6.48. The number of rotatable bonds is 1. The number of carbonyl (C=O) groups is 1. The molecule has 1 aromatic rings. The van der Waals surface area contributed by atoms with Gasteiger partial charge in [-0.25, -0.2) is 8.78 Å². The van der Waals surface area contributed by atoms with Gasteiger partial charge in [-0.1, -0.05) is 6.07 Å². The zero-order valence-corrected chi connectivity index (χ0v) is 11.3. The summed E-state index contributed by atoms with van der Waals surface area (Å²) in [6.07, 6.45) is -0.467. The van der Waals surface area contributed by atoms with E-state index in [2.05, 4.69) is 22.6 Å². The quantitative estimate of drug-likeness (QED) is 0.712. The Hall–Kier alpha value is -0.720. The van der Waals surface area contributed by atoms with Gasteiger partial charge in [0.1, 0.15) is 0 Å². The minimum atomic E-state index is -2.61. The summed E-state index contributed by atoms with van der Waals surface area (Å²) in [4.78, 5) is 13.5. The second-order valence-corrected chi connectivity index (χ2v) is 5.40. The Kier molecular flexibility index (Phi) is 3.65. The molecule has 1 aliphatic heterocycles. The SMILES string of the molecule is O=C(c1cccc(I)c1)N1CCC(F)(F)CC1. The molecule has 1 aromatic carbocycles. The maximum atomic E-state index is 13.0. The molecule has 0 aromatic heterocycles. The zero-order chi connectivity index (χ0) is 12.5. The number of hydrogen-bond donors (Lipinski definition) is 0. The van der Waals surface area contributed by atoms with Crippen LogP contribution in [0.5, 0.6) is 0 Å². The molecule has 0 spiro atoms. The molecule has 1 aliphatic rings. The molecular weight excluding hydrogens is 339 g/mol. The van der Waals surface area contributed by atoms with E-state index in [9.17, 15) is 13.6 Å². The third-order valence-corrected chi connectivity index (χ3v) is 3.52. The summed E-state index contributed by atoms with van der Waals surface area (Å²) in [6, 6.07) is 7.18. The van der Waals surface area contributed by atoms with Crippen molar-refractivity contribution in [2.24, 2.45) is 0 Å². The van der Waals surface area contributed by atoms with Crippen LogP contribution in [0.4, 0.5) is 8.78 Å². The lowest BCUT2D eigenvalue weighted by molar-refractivity contribution is -0.0494. The van der Waals surface area contributed by atoms with Gasteiger partial charge in [0, 0.05) is 35.1 Å². The van der Waals surface area contributed by atoms with Crippen LogP contribution in [-0.2, 0) is 0 Å². The highest BCUT2D eigenvalue weighted by Crippen LogP contribution is 2.28. The van der Waals surface area contributed by atoms with Crippen LogP contribution < -0.4 is 0 Å². The van der Waals surface area contributed by atoms with Gasteiger partial charge in [-0.15, -0.1) is 0 Å².